The van der Waals surface area contributed by atoms with Crippen molar-refractivity contribution in [1.29, 1.82) is 0 Å². The van der Waals surface area contributed by atoms with Crippen LogP contribution in [-0.2, 0) is 0 Å². The van der Waals surface area contributed by atoms with Crippen molar-refractivity contribution in [3.8, 4) is 5.69 Å². The van der Waals surface area contributed by atoms with Crippen LogP contribution in [0.5, 0.6) is 0 Å². The molecule has 0 aliphatic heterocycles. The van der Waals surface area contributed by atoms with E-state index in [0.29, 0.717) is 0 Å². The number of hydrogen-bond acceptors (Lipinski definition) is 2. The predicted octanol–water partition coefficient (Wildman–Crippen LogP) is 14.2. The molecule has 0 spiro atoms. The van der Waals surface area contributed by atoms with Crippen LogP contribution in [0, 0.1) is 0 Å². The fraction of sp³-hybridized carbons (Fsp3) is 0. The fourth-order valence-corrected chi connectivity index (χ4v) is 11.0. The number of anilines is 6. The molecule has 0 unspecified atom stereocenters. The molecule has 0 saturated heterocycles. The molecule has 9 aromatic carbocycles. The van der Waals surface area contributed by atoms with Crippen molar-refractivity contribution in [3.05, 3.63) is 212 Å². The van der Waals surface area contributed by atoms with Crippen molar-refractivity contribution < 1.29 is 0 Å². The molecule has 0 aliphatic carbocycles. The van der Waals surface area contributed by atoms with Crippen LogP contribution >= 0.6 is 0 Å². The van der Waals surface area contributed by atoms with Gasteiger partial charge >= 0.3 is 246 Å². The van der Waals surface area contributed by atoms with Crippen LogP contribution in [0.3, 0.4) is 0 Å². The van der Waals surface area contributed by atoms with Crippen molar-refractivity contribution in [3.63, 3.8) is 0 Å². The van der Waals surface area contributed by atoms with E-state index in [9.17, 15) is 0 Å². The van der Waals surface area contributed by atoms with Crippen LogP contribution in [0.25, 0.3) is 57.6 Å². The minimum atomic E-state index is 0.255. The standard InChI is InChI=1S/C52H35N3Se/c1-4-17-36(18-5-1)53(41-31-32-44-42-25-12-14-29-48(42)55(49(44)34-41)38-21-8-3-9-22-38)39-23-16-24-40(33-39)54(37-19-6-2-7-20-37)50-35-47-45-27-13-15-30-51(45)56-52(47)46-28-11-10-26-43(46)50/h1-35H. The summed E-state index contributed by atoms with van der Waals surface area (Å²) in [6.45, 7) is 0. The SMILES string of the molecule is c1ccc(N(c2cccc(N(c3ccccc3)c3cc4c5ccccc5[se]c4c4ccccc34)c2)c2ccc3c4ccccc4n(-c4ccccc4)c3c2)cc1. The zero-order valence-electron chi connectivity index (χ0n) is 30.5. The van der Waals surface area contributed by atoms with Crippen molar-refractivity contribution in [1.82, 2.24) is 4.57 Å². The topological polar surface area (TPSA) is 11.4 Å². The Kier molecular flexibility index (Phi) is 7.84. The van der Waals surface area contributed by atoms with Gasteiger partial charge in [0, 0.05) is 16.5 Å². The Bertz CT molecular complexity index is 3200. The van der Waals surface area contributed by atoms with Crippen LogP contribution in [0.2, 0.25) is 0 Å². The van der Waals surface area contributed by atoms with E-state index in [4.69, 9.17) is 0 Å². The average Bonchev–Trinajstić information content (AvgIpc) is 3.81. The Morgan fingerprint density at radius 3 is 1.61 bits per heavy atom. The van der Waals surface area contributed by atoms with E-state index >= 15 is 0 Å². The summed E-state index contributed by atoms with van der Waals surface area (Å²) in [6, 6.07) is 77.2. The summed E-state index contributed by atoms with van der Waals surface area (Å²) in [5.41, 5.74) is 10.2. The molecule has 11 aromatic rings. The first kappa shape index (κ1) is 32.6. The van der Waals surface area contributed by atoms with Crippen molar-refractivity contribution in [2.45, 2.75) is 0 Å². The second-order valence-corrected chi connectivity index (χ2v) is 16.4. The minimum absolute atomic E-state index is 0.255. The van der Waals surface area contributed by atoms with Gasteiger partial charge in [-0.1, -0.05) is 42.5 Å². The summed E-state index contributed by atoms with van der Waals surface area (Å²) >= 11 is 0.255. The van der Waals surface area contributed by atoms with Crippen LogP contribution < -0.4 is 9.80 Å². The molecular formula is C52H35N3Se. The van der Waals surface area contributed by atoms with Crippen molar-refractivity contribution >= 4 is 100 Å². The predicted molar refractivity (Wildman–Crippen MR) is 240 cm³/mol. The number of nitrogens with zero attached hydrogens (tertiary/aromatic N) is 3. The van der Waals surface area contributed by atoms with E-state index in [1.807, 2.05) is 0 Å². The van der Waals surface area contributed by atoms with Gasteiger partial charge in [-0.15, -0.1) is 0 Å². The van der Waals surface area contributed by atoms with E-state index < -0.39 is 0 Å². The van der Waals surface area contributed by atoms with Crippen molar-refractivity contribution in [2.24, 2.45) is 0 Å². The number of aromatic nitrogens is 1. The summed E-state index contributed by atoms with van der Waals surface area (Å²) in [6.07, 6.45) is 0. The number of rotatable bonds is 7. The van der Waals surface area contributed by atoms with E-state index in [1.54, 1.807) is 0 Å². The summed E-state index contributed by atoms with van der Waals surface area (Å²) in [4.78, 5) is 4.83. The molecule has 0 amide bonds. The third kappa shape index (κ3) is 5.34. The molecule has 0 radical (unpaired) electrons. The molecular weight excluding hydrogens is 746 g/mol. The Morgan fingerprint density at radius 2 is 0.857 bits per heavy atom. The molecule has 264 valence electrons. The number of hydrogen-bond donors (Lipinski definition) is 0. The monoisotopic (exact) mass is 781 g/mol. The number of para-hydroxylation sites is 4. The molecule has 0 bridgehead atoms. The van der Waals surface area contributed by atoms with Crippen molar-refractivity contribution in [2.75, 3.05) is 9.80 Å². The first-order valence-electron chi connectivity index (χ1n) is 19.0. The maximum absolute atomic E-state index is 2.44. The van der Waals surface area contributed by atoms with Crippen LogP contribution in [-0.4, -0.2) is 19.1 Å². The van der Waals surface area contributed by atoms with Gasteiger partial charge in [0.2, 0.25) is 0 Å². The second kappa shape index (κ2) is 13.5. The molecule has 3 nitrogen and oxygen atoms in total. The molecule has 4 heteroatoms. The van der Waals surface area contributed by atoms with Gasteiger partial charge in [0.1, 0.15) is 0 Å². The molecule has 2 heterocycles. The van der Waals surface area contributed by atoms with Crippen LogP contribution in [0.1, 0.15) is 0 Å². The zero-order chi connectivity index (χ0) is 37.0. The normalized spacial score (nSPS) is 11.6. The number of benzene rings is 9. The fourth-order valence-electron chi connectivity index (χ4n) is 8.47. The van der Waals surface area contributed by atoms with Gasteiger partial charge in [-0.25, -0.2) is 0 Å². The average molecular weight is 781 g/mol. The summed E-state index contributed by atoms with van der Waals surface area (Å²) in [5.74, 6) is 0. The van der Waals surface area contributed by atoms with E-state index in [0.717, 1.165) is 34.1 Å². The zero-order valence-corrected chi connectivity index (χ0v) is 32.2. The molecule has 0 fully saturated rings. The second-order valence-electron chi connectivity index (χ2n) is 14.2. The Balaban J connectivity index is 1.14. The first-order chi connectivity index (χ1) is 27.8. The molecule has 11 rings (SSSR count). The van der Waals surface area contributed by atoms with Crippen LogP contribution in [0.4, 0.5) is 34.1 Å². The number of fused-ring (bicyclic) bond motifs is 8. The van der Waals surface area contributed by atoms with Gasteiger partial charge in [0.15, 0.2) is 0 Å². The molecule has 0 N–H and O–H groups in total. The summed E-state index contributed by atoms with van der Waals surface area (Å²) < 4.78 is 5.31. The van der Waals surface area contributed by atoms with Gasteiger partial charge in [0.05, 0.1) is 5.52 Å². The molecule has 0 aliphatic rings. The molecule has 0 saturated carbocycles. The van der Waals surface area contributed by atoms with E-state index in [1.165, 1.54) is 57.6 Å². The molecule has 56 heavy (non-hydrogen) atoms. The van der Waals surface area contributed by atoms with Gasteiger partial charge in [-0.3, -0.25) is 0 Å². The molecule has 2 aromatic heterocycles. The summed E-state index contributed by atoms with van der Waals surface area (Å²) in [7, 11) is 0. The van der Waals surface area contributed by atoms with Gasteiger partial charge in [-0.05, 0) is 18.2 Å². The van der Waals surface area contributed by atoms with E-state index in [2.05, 4.69) is 227 Å². The Hall–Kier alpha value is -6.84. The third-order valence-electron chi connectivity index (χ3n) is 10.9. The summed E-state index contributed by atoms with van der Waals surface area (Å²) in [5, 5.41) is 7.77. The molecule has 0 atom stereocenters. The third-order valence-corrected chi connectivity index (χ3v) is 13.5. The van der Waals surface area contributed by atoms with Crippen LogP contribution in [0.15, 0.2) is 212 Å². The van der Waals surface area contributed by atoms with Gasteiger partial charge in [0.25, 0.3) is 0 Å². The Morgan fingerprint density at radius 1 is 0.321 bits per heavy atom. The van der Waals surface area contributed by atoms with Gasteiger partial charge in [-0.2, -0.15) is 0 Å². The Labute approximate surface area is 331 Å². The maximum atomic E-state index is 2.44. The first-order valence-corrected chi connectivity index (χ1v) is 20.7. The van der Waals surface area contributed by atoms with Gasteiger partial charge < -0.3 is 4.57 Å². The quantitative estimate of drug-likeness (QED) is 0.149. The van der Waals surface area contributed by atoms with E-state index in [-0.39, 0.29) is 14.5 Å².